The normalized spacial score (nSPS) is 46.8. The lowest BCUT2D eigenvalue weighted by Crippen LogP contribution is -2.37. The van der Waals surface area contributed by atoms with Gasteiger partial charge in [0.1, 0.15) is 0 Å². The molecule has 0 aromatic heterocycles. The highest BCUT2D eigenvalue weighted by Crippen LogP contribution is 2.45. The summed E-state index contributed by atoms with van der Waals surface area (Å²) in [6.07, 6.45) is 5.17. The Bertz CT molecular complexity index is 374. The van der Waals surface area contributed by atoms with Crippen molar-refractivity contribution in [1.82, 2.24) is 0 Å². The second-order valence-electron chi connectivity index (χ2n) is 5.80. The van der Waals surface area contributed by atoms with Crippen LogP contribution in [0.4, 0.5) is 0 Å². The van der Waals surface area contributed by atoms with Gasteiger partial charge in [-0.05, 0) is 46.5 Å². The van der Waals surface area contributed by atoms with Crippen LogP contribution >= 0.6 is 0 Å². The highest BCUT2D eigenvalue weighted by atomic mass is 16.5. The lowest BCUT2D eigenvalue weighted by atomic mass is 9.74. The van der Waals surface area contributed by atoms with Crippen LogP contribution in [0.5, 0.6) is 0 Å². The topological polar surface area (TPSA) is 34.0 Å². The predicted molar refractivity (Wildman–Crippen MR) is 64.9 cm³/mol. The Morgan fingerprint density at radius 2 is 1.81 bits per heavy atom. The van der Waals surface area contributed by atoms with Crippen molar-refractivity contribution >= 4 is 11.4 Å². The molecule has 4 unspecified atom stereocenters. The fraction of sp³-hybridized carbons (Fsp3) is 0.846. The van der Waals surface area contributed by atoms with Crippen molar-refractivity contribution < 1.29 is 4.74 Å². The molecule has 3 rings (SSSR count). The van der Waals surface area contributed by atoms with Gasteiger partial charge in [0.2, 0.25) is 0 Å². The molecule has 0 saturated carbocycles. The van der Waals surface area contributed by atoms with E-state index in [-0.39, 0.29) is 5.60 Å². The average Bonchev–Trinajstić information content (AvgIpc) is 2.53. The van der Waals surface area contributed by atoms with Gasteiger partial charge >= 0.3 is 0 Å². The molecule has 3 heterocycles. The summed E-state index contributed by atoms with van der Waals surface area (Å²) in [6.45, 7) is 6.50. The Morgan fingerprint density at radius 1 is 1.12 bits per heavy atom. The maximum atomic E-state index is 6.26. The maximum absolute atomic E-state index is 6.26. The van der Waals surface area contributed by atoms with Gasteiger partial charge in [0.05, 0.1) is 11.7 Å². The summed E-state index contributed by atoms with van der Waals surface area (Å²) in [4.78, 5) is 0. The Morgan fingerprint density at radius 3 is 2.62 bits per heavy atom. The molecule has 0 spiro atoms. The molecule has 0 aliphatic carbocycles. The quantitative estimate of drug-likeness (QED) is 0.618. The first kappa shape index (κ1) is 10.5. The molecule has 0 amide bonds. The summed E-state index contributed by atoms with van der Waals surface area (Å²) in [6, 6.07) is 0. The second-order valence-corrected chi connectivity index (χ2v) is 5.80. The molecule has 3 heteroatoms. The molecule has 88 valence electrons. The average molecular weight is 220 g/mol. The highest BCUT2D eigenvalue weighted by Gasteiger charge is 2.48. The number of nitrogens with zero attached hydrogens (tertiary/aromatic N) is 2. The van der Waals surface area contributed by atoms with Gasteiger partial charge in [0.25, 0.3) is 0 Å². The largest absolute Gasteiger partial charge is 0.371 e. The molecule has 2 saturated heterocycles. The zero-order valence-corrected chi connectivity index (χ0v) is 10.4. The molecule has 3 aliphatic rings. The van der Waals surface area contributed by atoms with Gasteiger partial charge in [-0.15, -0.1) is 0 Å². The third kappa shape index (κ3) is 1.45. The number of rotatable bonds is 0. The fourth-order valence-corrected chi connectivity index (χ4v) is 3.59. The van der Waals surface area contributed by atoms with E-state index in [9.17, 15) is 0 Å². The van der Waals surface area contributed by atoms with Crippen LogP contribution in [0.3, 0.4) is 0 Å². The van der Waals surface area contributed by atoms with E-state index in [1.54, 1.807) is 0 Å². The van der Waals surface area contributed by atoms with Gasteiger partial charge in [-0.1, -0.05) is 0 Å². The minimum absolute atomic E-state index is 0.128. The number of ether oxygens (including phenoxy) is 1. The molecule has 0 aromatic rings. The van der Waals surface area contributed by atoms with Crippen LogP contribution in [-0.4, -0.2) is 23.1 Å². The van der Waals surface area contributed by atoms with Gasteiger partial charge in [0, 0.05) is 23.3 Å². The summed E-state index contributed by atoms with van der Waals surface area (Å²) >= 11 is 0. The standard InChI is InChI=1S/C13H20N2O/c1-8-10-4-6-13(3)7-5-11(16-13)12(10)9(2)15-14-8/h10-12H,4-7H2,1-3H3. The first-order chi connectivity index (χ1) is 7.59. The molecular weight excluding hydrogens is 200 g/mol. The van der Waals surface area contributed by atoms with Gasteiger partial charge in [-0.2, -0.15) is 10.2 Å². The molecule has 0 radical (unpaired) electrons. The van der Waals surface area contributed by atoms with E-state index in [1.165, 1.54) is 37.1 Å². The minimum atomic E-state index is 0.128. The van der Waals surface area contributed by atoms with Crippen molar-refractivity contribution in [3.8, 4) is 0 Å². The lowest BCUT2D eigenvalue weighted by Gasteiger charge is -2.31. The van der Waals surface area contributed by atoms with Crippen LogP contribution in [0.15, 0.2) is 10.2 Å². The van der Waals surface area contributed by atoms with Gasteiger partial charge in [0.15, 0.2) is 0 Å². The fourth-order valence-electron chi connectivity index (χ4n) is 3.59. The molecule has 2 fully saturated rings. The molecule has 3 aliphatic heterocycles. The van der Waals surface area contributed by atoms with E-state index >= 15 is 0 Å². The molecule has 2 bridgehead atoms. The molecular formula is C13H20N2O. The summed E-state index contributed by atoms with van der Waals surface area (Å²) in [5.74, 6) is 1.06. The Hall–Kier alpha value is -0.700. The van der Waals surface area contributed by atoms with Crippen molar-refractivity contribution in [2.75, 3.05) is 0 Å². The maximum Gasteiger partial charge on any atom is 0.0670 e. The molecule has 0 aromatic carbocycles. The third-order valence-corrected chi connectivity index (χ3v) is 4.60. The van der Waals surface area contributed by atoms with Crippen LogP contribution in [0.2, 0.25) is 0 Å². The van der Waals surface area contributed by atoms with E-state index in [0.29, 0.717) is 17.9 Å². The minimum Gasteiger partial charge on any atom is -0.371 e. The summed E-state index contributed by atoms with van der Waals surface area (Å²) < 4.78 is 6.26. The van der Waals surface area contributed by atoms with Crippen LogP contribution < -0.4 is 0 Å². The smallest absolute Gasteiger partial charge is 0.0670 e. The van der Waals surface area contributed by atoms with Crippen molar-refractivity contribution in [2.45, 2.75) is 58.2 Å². The molecule has 0 N–H and O–H groups in total. The summed E-state index contributed by atoms with van der Waals surface area (Å²) in [5, 5.41) is 8.59. The predicted octanol–water partition coefficient (Wildman–Crippen LogP) is 2.80. The van der Waals surface area contributed by atoms with Crippen molar-refractivity contribution in [3.05, 3.63) is 0 Å². The third-order valence-electron chi connectivity index (χ3n) is 4.60. The SMILES string of the molecule is CC1=NN=C(C)C2C3CCC(C)(CCC12)O3. The van der Waals surface area contributed by atoms with E-state index < -0.39 is 0 Å². The van der Waals surface area contributed by atoms with E-state index in [2.05, 4.69) is 31.0 Å². The lowest BCUT2D eigenvalue weighted by molar-refractivity contribution is -0.0331. The second kappa shape index (κ2) is 3.39. The van der Waals surface area contributed by atoms with E-state index in [1.807, 2.05) is 0 Å². The van der Waals surface area contributed by atoms with E-state index in [0.717, 1.165) is 0 Å². The van der Waals surface area contributed by atoms with Gasteiger partial charge in [-0.3, -0.25) is 0 Å². The van der Waals surface area contributed by atoms with Gasteiger partial charge < -0.3 is 4.74 Å². The van der Waals surface area contributed by atoms with Crippen LogP contribution in [0.25, 0.3) is 0 Å². The first-order valence-electron chi connectivity index (χ1n) is 6.35. The summed E-state index contributed by atoms with van der Waals surface area (Å²) in [5.41, 5.74) is 2.50. The number of hydrogen-bond acceptors (Lipinski definition) is 3. The highest BCUT2D eigenvalue weighted by molar-refractivity contribution is 5.96. The Balaban J connectivity index is 1.97. The van der Waals surface area contributed by atoms with Crippen molar-refractivity contribution in [2.24, 2.45) is 22.0 Å². The van der Waals surface area contributed by atoms with Crippen molar-refractivity contribution in [3.63, 3.8) is 0 Å². The number of fused-ring (bicyclic) bond motifs is 4. The van der Waals surface area contributed by atoms with Crippen LogP contribution in [0, 0.1) is 11.8 Å². The molecule has 4 atom stereocenters. The monoisotopic (exact) mass is 220 g/mol. The Labute approximate surface area is 97.0 Å². The van der Waals surface area contributed by atoms with Gasteiger partial charge in [-0.25, -0.2) is 0 Å². The van der Waals surface area contributed by atoms with Crippen LogP contribution in [0.1, 0.15) is 46.5 Å². The molecule has 3 nitrogen and oxygen atoms in total. The summed E-state index contributed by atoms with van der Waals surface area (Å²) in [7, 11) is 0. The van der Waals surface area contributed by atoms with E-state index in [4.69, 9.17) is 4.74 Å². The van der Waals surface area contributed by atoms with Crippen molar-refractivity contribution in [1.29, 1.82) is 0 Å². The first-order valence-corrected chi connectivity index (χ1v) is 6.35. The Kier molecular flexibility index (Phi) is 2.22. The number of hydrogen-bond donors (Lipinski definition) is 0. The van der Waals surface area contributed by atoms with Crippen LogP contribution in [-0.2, 0) is 4.74 Å². The zero-order valence-electron chi connectivity index (χ0n) is 10.4. The zero-order chi connectivity index (χ0) is 11.3. The molecule has 16 heavy (non-hydrogen) atoms.